The van der Waals surface area contributed by atoms with E-state index in [1.54, 1.807) is 6.20 Å². The summed E-state index contributed by atoms with van der Waals surface area (Å²) in [5, 5.41) is 36.6. The number of carbonyl (C=O) groups excluding carboxylic acids is 3. The van der Waals surface area contributed by atoms with Crippen LogP contribution in [0.5, 0.6) is 18.0 Å². The van der Waals surface area contributed by atoms with Crippen molar-refractivity contribution >= 4 is 112 Å². The molecule has 6 saturated heterocycles. The van der Waals surface area contributed by atoms with Gasteiger partial charge >= 0.3 is 18.0 Å². The molecule has 0 spiro atoms. The number of hydrogen-bond acceptors (Lipinski definition) is 26. The van der Waals surface area contributed by atoms with Crippen LogP contribution < -0.4 is 43.6 Å². The molecule has 9 aliphatic rings. The minimum Gasteiger partial charge on any atom is -0.462 e. The van der Waals surface area contributed by atoms with Gasteiger partial charge in [-0.3, -0.25) is 29.1 Å². The van der Waals surface area contributed by atoms with Crippen molar-refractivity contribution in [3.63, 3.8) is 0 Å². The topological polar surface area (TPSA) is 292 Å². The highest BCUT2D eigenvalue weighted by atomic mass is 79.9. The number of aromatic nitrogens is 8. The summed E-state index contributed by atoms with van der Waals surface area (Å²) in [4.78, 5) is 105. The third-order valence-electron chi connectivity index (χ3n) is 28.9. The van der Waals surface area contributed by atoms with E-state index in [1.807, 2.05) is 36.5 Å². The normalized spacial score (nSPS) is 21.6. The van der Waals surface area contributed by atoms with E-state index in [9.17, 15) is 43.3 Å². The zero-order chi connectivity index (χ0) is 93.6. The summed E-state index contributed by atoms with van der Waals surface area (Å²) >= 11 is 11.1. The summed E-state index contributed by atoms with van der Waals surface area (Å²) in [6.07, 6.45) is 8.65. The lowest BCUT2D eigenvalue weighted by Crippen LogP contribution is -2.55. The van der Waals surface area contributed by atoms with Crippen molar-refractivity contribution in [3.05, 3.63) is 218 Å². The summed E-state index contributed by atoms with van der Waals surface area (Å²) in [6.45, 7) is 21.3. The fourth-order valence-corrected chi connectivity index (χ4v) is 22.8. The quantitative estimate of drug-likeness (QED) is 0.0379. The second-order valence-electron chi connectivity index (χ2n) is 37.0. The van der Waals surface area contributed by atoms with E-state index >= 15 is 0 Å². The molecule has 5 aromatic heterocycles. The van der Waals surface area contributed by atoms with Crippen LogP contribution in [0.2, 0.25) is 5.15 Å². The number of carbonyl (C=O) groups is 3. The summed E-state index contributed by atoms with van der Waals surface area (Å²) in [5.41, 5.74) is 11.8. The van der Waals surface area contributed by atoms with E-state index in [2.05, 4.69) is 197 Å². The number of ether oxygens (including phenoxy) is 3. The van der Waals surface area contributed by atoms with Crippen LogP contribution in [0, 0.1) is 40.9 Å². The number of halogens is 5. The number of hydrogen-bond donors (Lipinski definition) is 0. The highest BCUT2D eigenvalue weighted by Gasteiger charge is 2.43. The number of amides is 3. The monoisotopic (exact) mass is 1910 g/mol. The molecule has 696 valence electrons. The zero-order valence-electron chi connectivity index (χ0n) is 76.0. The van der Waals surface area contributed by atoms with Crippen LogP contribution >= 0.6 is 27.5 Å². The predicted molar refractivity (Wildman–Crippen MR) is 514 cm³/mol. The molecule has 0 saturated carbocycles. The molecule has 2 unspecified atom stereocenters. The number of anilines is 6. The number of pyridine rings is 2. The van der Waals surface area contributed by atoms with Crippen molar-refractivity contribution in [1.29, 1.82) is 15.8 Å². The number of nitrogens with zero attached hydrogens (tertiary/aromatic N) is 23. The van der Waals surface area contributed by atoms with Gasteiger partial charge in [-0.2, -0.15) is 45.7 Å². The molecule has 29 nitrogen and oxygen atoms in total. The number of rotatable bonds is 25. The van der Waals surface area contributed by atoms with E-state index in [1.165, 1.54) is 25.8 Å². The van der Waals surface area contributed by atoms with Gasteiger partial charge < -0.3 is 58.3 Å². The summed E-state index contributed by atoms with van der Waals surface area (Å²) in [6, 6.07) is 41.5. The molecule has 0 bridgehead atoms. The Morgan fingerprint density at radius 2 is 0.970 bits per heavy atom. The van der Waals surface area contributed by atoms with Gasteiger partial charge in [-0.05, 0) is 153 Å². The number of fused-ring (bicyclic) bond motifs is 6. The van der Waals surface area contributed by atoms with E-state index in [0.29, 0.717) is 114 Å². The first-order valence-electron chi connectivity index (χ1n) is 46.5. The van der Waals surface area contributed by atoms with Gasteiger partial charge in [0.05, 0.1) is 92.3 Å². The average Bonchev–Trinajstić information content (AvgIpc) is 1.72. The van der Waals surface area contributed by atoms with Crippen LogP contribution in [0.15, 0.2) is 157 Å². The maximum atomic E-state index is 14.8. The molecule has 135 heavy (non-hydrogen) atoms. The summed E-state index contributed by atoms with van der Waals surface area (Å²) in [7, 11) is 4.23. The molecule has 3 amide bonds. The minimum absolute atomic E-state index is 0.00619. The maximum absolute atomic E-state index is 14.8. The molecule has 0 radical (unpaired) electrons. The van der Waals surface area contributed by atoms with Crippen molar-refractivity contribution in [2.24, 2.45) is 0 Å². The van der Waals surface area contributed by atoms with Gasteiger partial charge in [0, 0.05) is 177 Å². The van der Waals surface area contributed by atoms with Crippen LogP contribution in [-0.4, -0.2) is 255 Å². The Balaban J connectivity index is 0.579. The first-order chi connectivity index (χ1) is 65.5. The molecule has 19 rings (SSSR count). The van der Waals surface area contributed by atoms with Crippen LogP contribution in [0.1, 0.15) is 113 Å². The smallest absolute Gasteiger partial charge is 0.318 e. The van der Waals surface area contributed by atoms with Crippen molar-refractivity contribution in [1.82, 2.24) is 69.3 Å². The van der Waals surface area contributed by atoms with Gasteiger partial charge in [0.15, 0.2) is 17.5 Å². The van der Waals surface area contributed by atoms with Crippen molar-refractivity contribution < 1.29 is 41.8 Å². The molecule has 10 aromatic rings. The highest BCUT2D eigenvalue weighted by molar-refractivity contribution is 9.10. The van der Waals surface area contributed by atoms with Crippen LogP contribution in [-0.2, 0) is 59.8 Å². The Morgan fingerprint density at radius 1 is 0.481 bits per heavy atom. The van der Waals surface area contributed by atoms with Crippen molar-refractivity contribution in [3.8, 4) is 36.2 Å². The molecule has 9 aliphatic heterocycles. The number of aryl methyl sites for hydroxylation is 1. The molecule has 8 atom stereocenters. The van der Waals surface area contributed by atoms with Gasteiger partial charge in [0.2, 0.25) is 0 Å². The molecule has 0 N–H and O–H groups in total. The van der Waals surface area contributed by atoms with Crippen molar-refractivity contribution in [2.45, 2.75) is 145 Å². The fourth-order valence-electron chi connectivity index (χ4n) is 22.0. The largest absolute Gasteiger partial charge is 0.462 e. The molecule has 34 heteroatoms. The molecule has 5 aromatic carbocycles. The Morgan fingerprint density at radius 3 is 1.51 bits per heavy atom. The Bertz CT molecular complexity index is 6460. The SMILES string of the molecule is C=C(F)C(=O)N1CCN(c2nc(OC[C@@H]3CC(c4ccc(N5CCc6c(nc(OC[C@@H]7CCCN7Cc7ccccc7)nc6N6CCN(C(=O)C(=C)F)[C@@H](CC#N)C6)C5)c5c(C)cccc45)CN3C)nc3c2CCN(c2cc(C4C[C@@H](COc5nc6c(c(N7CCN(C(=O)C(=C)F)[C@@H](CC#N)C7)n5)CCN(c5nccc7cccc(Br)c57)C6)N(C)C4)cc4ccnc(Cl)c24)C3)C[C@@H]1CC#N. The molecule has 0 aliphatic carbocycles. The lowest BCUT2D eigenvalue weighted by molar-refractivity contribution is -0.132. The third-order valence-corrected chi connectivity index (χ3v) is 29.8. The molecular formula is C101H106BrClF3N23O6. The first-order valence-corrected chi connectivity index (χ1v) is 47.7. The number of likely N-dealkylation sites (N-methyl/N-ethyl adjacent to an activating group) is 2. The van der Waals surface area contributed by atoms with E-state index in [-0.39, 0.29) is 120 Å². The molecule has 14 heterocycles. The van der Waals surface area contributed by atoms with Gasteiger partial charge in [-0.1, -0.05) is 120 Å². The number of likely N-dealkylation sites (tertiary alicyclic amines) is 3. The summed E-state index contributed by atoms with van der Waals surface area (Å²) < 4.78 is 65.2. The Hall–Kier alpha value is -12.8. The standard InChI is InChI=1S/C101H106BrClF3N23O6/c1-61-13-10-18-78-77(20-21-86(88(61)78)121-36-27-79-83(55-121)112-99(133-58-74-17-12-35-120(74)49-65-14-8-7-9-15-65)115-92(79)124-39-42-127(96(130)62(2)104)71(52-124)22-30-107)70-47-76(119(6)51-70)60-135-100-113-84-56-122(37-28-80(84)93(116-100)125-40-43-128(97(131)63(3)105)72(53-125)23-31-108)87-48-68(45-67-26-33-110-91(103)90(67)87)69-46-75(118(5)50-69)59-134-101-114-85-57-123(95-89-66(25-34-111-95)16-11-19-82(89)102)38-29-81(85)94(117-101)126-41-44-129(98(132)64(4)106)73(54-126)24-32-109/h7-11,13-16,18-21,25-26,33-34,45,48,69-76H,2-4,12,17,22-24,27-29,35-44,46-47,49-60H2,1,5-6H3/t69?,70?,71-,72-,73-,74-,75-,76-/m0/s1. The van der Waals surface area contributed by atoms with Gasteiger partial charge in [-0.15, -0.1) is 0 Å². The van der Waals surface area contributed by atoms with Gasteiger partial charge in [0.25, 0.3) is 17.7 Å². The average molecular weight is 1910 g/mol. The third kappa shape index (κ3) is 18.6. The number of nitriles is 3. The lowest BCUT2D eigenvalue weighted by atomic mass is 9.89. The predicted octanol–water partition coefficient (Wildman–Crippen LogP) is 13.7. The zero-order valence-corrected chi connectivity index (χ0v) is 78.3. The van der Waals surface area contributed by atoms with E-state index in [4.69, 9.17) is 60.7 Å². The number of benzene rings is 5. The first kappa shape index (κ1) is 91.3. The fraction of sp³-hybridized carbons (Fsp3) is 0.426. The van der Waals surface area contributed by atoms with E-state index < -0.39 is 53.3 Å². The Labute approximate surface area is 795 Å². The second-order valence-corrected chi connectivity index (χ2v) is 38.2. The van der Waals surface area contributed by atoms with Crippen LogP contribution in [0.4, 0.5) is 47.8 Å². The Kier molecular flexibility index (Phi) is 26.5. The second kappa shape index (κ2) is 39.2. The molecular weight excluding hydrogens is 1800 g/mol. The van der Waals surface area contributed by atoms with E-state index in [0.717, 1.165) is 144 Å². The van der Waals surface area contributed by atoms with Gasteiger partial charge in [0.1, 0.15) is 48.2 Å². The molecule has 6 fully saturated rings. The lowest BCUT2D eigenvalue weighted by Gasteiger charge is -2.42. The maximum Gasteiger partial charge on any atom is 0.318 e. The van der Waals surface area contributed by atoms with Crippen LogP contribution in [0.25, 0.3) is 32.3 Å². The minimum atomic E-state index is -1.09. The number of piperazine rings is 3. The summed E-state index contributed by atoms with van der Waals surface area (Å²) in [5.74, 6) is -2.78. The van der Waals surface area contributed by atoms with Crippen molar-refractivity contribution in [2.75, 3.05) is 161 Å². The van der Waals surface area contributed by atoms with Crippen LogP contribution in [0.3, 0.4) is 0 Å². The highest BCUT2D eigenvalue weighted by Crippen LogP contribution is 2.47. The van der Waals surface area contributed by atoms with Gasteiger partial charge in [-0.25, -0.2) is 23.1 Å².